The lowest BCUT2D eigenvalue weighted by Crippen LogP contribution is -2.47. The first kappa shape index (κ1) is 16.2. The summed E-state index contributed by atoms with van der Waals surface area (Å²) in [6.45, 7) is 6.65. The van der Waals surface area contributed by atoms with Gasteiger partial charge < -0.3 is 20.3 Å². The van der Waals surface area contributed by atoms with E-state index >= 15 is 0 Å². The number of aliphatic hydroxyl groups excluding tert-OH is 2. The maximum atomic E-state index is 11.2. The van der Waals surface area contributed by atoms with Gasteiger partial charge in [-0.2, -0.15) is 5.10 Å². The van der Waals surface area contributed by atoms with Gasteiger partial charge in [-0.25, -0.2) is 5.01 Å². The maximum Gasteiger partial charge on any atom is 0.269 e. The molecule has 4 atom stereocenters. The van der Waals surface area contributed by atoms with E-state index < -0.39 is 31.4 Å². The highest BCUT2D eigenvalue weighted by atomic mass is 31.2. The summed E-state index contributed by atoms with van der Waals surface area (Å²) in [6, 6.07) is 0. The summed E-state index contributed by atoms with van der Waals surface area (Å²) in [7, 11) is 0. The summed E-state index contributed by atoms with van der Waals surface area (Å²) in [5.41, 5.74) is 0. The molecule has 2 rings (SSSR count). The molecule has 0 aliphatic carbocycles. The molecule has 0 aromatic rings. The van der Waals surface area contributed by atoms with Crippen molar-refractivity contribution in [3.63, 3.8) is 0 Å². The monoisotopic (exact) mass is 315 g/mol. The number of hydrogen-bond acceptors (Lipinski definition) is 6. The second-order valence-electron chi connectivity index (χ2n) is 6.02. The van der Waals surface area contributed by atoms with Gasteiger partial charge >= 0.3 is 0 Å². The van der Waals surface area contributed by atoms with Crippen molar-refractivity contribution in [2.75, 3.05) is 19.5 Å². The van der Waals surface area contributed by atoms with E-state index in [1.165, 1.54) is 5.01 Å². The number of nitrogens with zero attached hydrogens (tertiary/aromatic N) is 2. The summed E-state index contributed by atoms with van der Waals surface area (Å²) in [4.78, 5) is 11.2. The zero-order valence-electron chi connectivity index (χ0n) is 12.3. The first-order valence-corrected chi connectivity index (χ1v) is 9.76. The van der Waals surface area contributed by atoms with Crippen LogP contribution in [-0.4, -0.2) is 77.7 Å². The molecule has 0 radical (unpaired) electrons. The van der Waals surface area contributed by atoms with E-state index in [1.54, 1.807) is 0 Å². The highest BCUT2D eigenvalue weighted by molar-refractivity contribution is 7.72. The average Bonchev–Trinajstić information content (AvgIpc) is 2.64. The van der Waals surface area contributed by atoms with Crippen LogP contribution >= 0.6 is 6.89 Å². The second kappa shape index (κ2) is 5.93. The van der Waals surface area contributed by atoms with Crippen LogP contribution in [0, 0.1) is 0 Å². The lowest BCUT2D eigenvalue weighted by atomic mass is 10.1. The van der Waals surface area contributed by atoms with Gasteiger partial charge in [0.25, 0.3) is 5.91 Å². The van der Waals surface area contributed by atoms with Crippen LogP contribution in [0.4, 0.5) is 0 Å². The molecule has 2 aliphatic heterocycles. The van der Waals surface area contributed by atoms with Crippen LogP contribution in [0.25, 0.3) is 0 Å². The molecule has 7 nitrogen and oxygen atoms in total. The number of amides is 1. The van der Waals surface area contributed by atoms with E-state index in [-0.39, 0.29) is 11.7 Å². The highest BCUT2D eigenvalue weighted by Gasteiger charge is 2.46. The maximum absolute atomic E-state index is 11.2. The van der Waals surface area contributed by atoms with Gasteiger partial charge in [-0.1, -0.05) is 6.58 Å². The number of rotatable bonds is 4. The van der Waals surface area contributed by atoms with Crippen molar-refractivity contribution in [1.82, 2.24) is 10.3 Å². The molecule has 8 heteroatoms. The minimum Gasteiger partial charge on any atom is -0.388 e. The van der Waals surface area contributed by atoms with Crippen molar-refractivity contribution in [3.05, 3.63) is 12.4 Å². The summed E-state index contributed by atoms with van der Waals surface area (Å²) in [5, 5.41) is 27.9. The van der Waals surface area contributed by atoms with E-state index in [1.807, 2.05) is 0 Å². The number of hydrogen-bond donors (Lipinski definition) is 3. The predicted molar refractivity (Wildman–Crippen MR) is 83.7 cm³/mol. The molecule has 118 valence electrons. The van der Waals surface area contributed by atoms with Crippen LogP contribution in [0.3, 0.4) is 0 Å². The fraction of sp³-hybridized carbons (Fsp3) is 0.615. The molecule has 1 saturated heterocycles. The van der Waals surface area contributed by atoms with Gasteiger partial charge in [0, 0.05) is 0 Å². The van der Waals surface area contributed by atoms with E-state index in [2.05, 4.69) is 36.6 Å². The third-order valence-electron chi connectivity index (χ3n) is 3.44. The minimum absolute atomic E-state index is 0.212. The van der Waals surface area contributed by atoms with E-state index in [0.717, 1.165) is 12.4 Å². The summed E-state index contributed by atoms with van der Waals surface area (Å²) in [6.07, 6.45) is 3.22. The lowest BCUT2D eigenvalue weighted by molar-refractivity contribution is -0.117. The molecule has 1 fully saturated rings. The van der Waals surface area contributed by atoms with Crippen molar-refractivity contribution < 1.29 is 19.7 Å². The number of carbonyl (C=O) groups excluding carboxylic acids is 1. The van der Waals surface area contributed by atoms with Gasteiger partial charge in [0.1, 0.15) is 24.2 Å². The number of ether oxygens (including phenoxy) is 1. The first-order chi connectivity index (χ1) is 9.69. The molecule has 0 aromatic heterocycles. The van der Waals surface area contributed by atoms with Crippen LogP contribution in [0.1, 0.15) is 6.42 Å². The smallest absolute Gasteiger partial charge is 0.269 e. The summed E-state index contributed by atoms with van der Waals surface area (Å²) >= 11 is 0. The van der Waals surface area contributed by atoms with Crippen molar-refractivity contribution in [2.24, 2.45) is 5.10 Å². The number of aliphatic hydroxyl groups is 2. The Hall–Kier alpha value is -1.14. The fourth-order valence-corrected chi connectivity index (χ4v) is 3.24. The molecule has 2 aliphatic rings. The average molecular weight is 315 g/mol. The Morgan fingerprint density at radius 3 is 2.71 bits per heavy atom. The predicted octanol–water partition coefficient (Wildman–Crippen LogP) is -0.579. The molecular weight excluding hydrogens is 293 g/mol. The molecule has 1 unspecified atom stereocenters. The van der Waals surface area contributed by atoms with Crippen molar-refractivity contribution in [2.45, 2.75) is 31.0 Å². The SMILES string of the molecule is C=C1NC(=O)C=NN1[C@@H]1OC(CCP(=C)(C)C)[C@@H](O)[C@H]1O. The summed E-state index contributed by atoms with van der Waals surface area (Å²) < 4.78 is 5.72. The van der Waals surface area contributed by atoms with Gasteiger partial charge in [-0.05, 0) is 25.9 Å². The molecule has 3 N–H and O–H groups in total. The Labute approximate surface area is 124 Å². The van der Waals surface area contributed by atoms with Crippen LogP contribution in [0.2, 0.25) is 0 Å². The molecule has 0 spiro atoms. The van der Waals surface area contributed by atoms with Crippen LogP contribution in [-0.2, 0) is 9.53 Å². The second-order valence-corrected chi connectivity index (χ2v) is 10.3. The van der Waals surface area contributed by atoms with Crippen molar-refractivity contribution >= 4 is 25.3 Å². The van der Waals surface area contributed by atoms with Crippen LogP contribution in [0.15, 0.2) is 17.5 Å². The van der Waals surface area contributed by atoms with Gasteiger partial charge in [-0.15, -0.1) is 13.2 Å². The molecule has 2 heterocycles. The molecule has 0 aromatic carbocycles. The van der Waals surface area contributed by atoms with Crippen LogP contribution in [0.5, 0.6) is 0 Å². The Bertz CT molecular complexity index is 516. The minimum atomic E-state index is -1.23. The first-order valence-electron chi connectivity index (χ1n) is 6.71. The molecule has 0 bridgehead atoms. The molecule has 21 heavy (non-hydrogen) atoms. The zero-order valence-corrected chi connectivity index (χ0v) is 13.2. The Balaban J connectivity index is 2.06. The Morgan fingerprint density at radius 1 is 1.48 bits per heavy atom. The van der Waals surface area contributed by atoms with Gasteiger partial charge in [0.15, 0.2) is 6.23 Å². The lowest BCUT2D eigenvalue weighted by Gasteiger charge is -2.30. The fourth-order valence-electron chi connectivity index (χ4n) is 2.28. The topological polar surface area (TPSA) is 94.4 Å². The van der Waals surface area contributed by atoms with Crippen molar-refractivity contribution in [1.29, 1.82) is 0 Å². The molecular formula is C13H22N3O4P. The summed E-state index contributed by atoms with van der Waals surface area (Å²) in [5.74, 6) is -0.172. The third kappa shape index (κ3) is 3.74. The van der Waals surface area contributed by atoms with Crippen LogP contribution < -0.4 is 5.32 Å². The van der Waals surface area contributed by atoms with Gasteiger partial charge in [0.05, 0.1) is 6.10 Å². The zero-order chi connectivity index (χ0) is 15.8. The third-order valence-corrected chi connectivity index (χ3v) is 4.91. The Kier molecular flexibility index (Phi) is 4.58. The highest BCUT2D eigenvalue weighted by Crippen LogP contribution is 2.38. The number of carbonyl (C=O) groups is 1. The van der Waals surface area contributed by atoms with E-state index in [9.17, 15) is 15.0 Å². The van der Waals surface area contributed by atoms with E-state index in [0.29, 0.717) is 6.42 Å². The Morgan fingerprint density at radius 2 is 2.14 bits per heavy atom. The number of nitrogens with one attached hydrogen (secondary N) is 1. The standard InChI is InChI=1S/C13H22N3O4P/c1-8-15-10(17)7-14-16(8)13-12(19)11(18)9(20-13)5-6-21(2,3)4/h7,9,11-13,18-19H,1-2,5-6H2,3-4H3,(H,15,17)/t9?,11-,12-,13-/m1/s1. The quantitative estimate of drug-likeness (QED) is 0.604. The number of hydrazone groups is 1. The largest absolute Gasteiger partial charge is 0.388 e. The van der Waals surface area contributed by atoms with E-state index in [4.69, 9.17) is 4.74 Å². The van der Waals surface area contributed by atoms with Crippen molar-refractivity contribution in [3.8, 4) is 0 Å². The molecule has 1 amide bonds. The van der Waals surface area contributed by atoms with Gasteiger partial charge in [0.2, 0.25) is 0 Å². The molecule has 0 saturated carbocycles. The normalized spacial score (nSPS) is 33.4. The van der Waals surface area contributed by atoms with Gasteiger partial charge in [-0.3, -0.25) is 4.79 Å².